The van der Waals surface area contributed by atoms with Crippen molar-refractivity contribution in [1.29, 1.82) is 0 Å². The summed E-state index contributed by atoms with van der Waals surface area (Å²) in [4.78, 5) is 9.70. The number of aromatic nitrogens is 2. The molecule has 0 unspecified atom stereocenters. The largest absolute Gasteiger partial charge is 0.497 e. The van der Waals surface area contributed by atoms with Crippen molar-refractivity contribution in [3.8, 4) is 5.75 Å². The third-order valence-corrected chi connectivity index (χ3v) is 5.76. The summed E-state index contributed by atoms with van der Waals surface area (Å²) in [7, 11) is 3.43. The molecule has 0 spiro atoms. The fourth-order valence-electron chi connectivity index (χ4n) is 3.92. The Bertz CT molecular complexity index is 877. The quantitative estimate of drug-likeness (QED) is 0.307. The number of halogens is 1. The van der Waals surface area contributed by atoms with Crippen molar-refractivity contribution in [2.45, 2.75) is 33.9 Å². The van der Waals surface area contributed by atoms with Crippen molar-refractivity contribution >= 4 is 35.6 Å². The monoisotopic (exact) mass is 556 g/mol. The van der Waals surface area contributed by atoms with Crippen LogP contribution in [0.2, 0.25) is 0 Å². The Morgan fingerprint density at radius 3 is 2.56 bits per heavy atom. The molecular weight excluding hydrogens is 519 g/mol. The predicted molar refractivity (Wildman–Crippen MR) is 141 cm³/mol. The van der Waals surface area contributed by atoms with Crippen molar-refractivity contribution < 1.29 is 9.47 Å². The van der Waals surface area contributed by atoms with Crippen LogP contribution in [0.4, 0.5) is 5.69 Å². The third-order valence-electron chi connectivity index (χ3n) is 5.76. The van der Waals surface area contributed by atoms with E-state index in [9.17, 15) is 0 Å². The van der Waals surface area contributed by atoms with Crippen molar-refractivity contribution in [3.05, 3.63) is 41.2 Å². The normalized spacial score (nSPS) is 14.3. The molecule has 1 aliphatic heterocycles. The van der Waals surface area contributed by atoms with Gasteiger partial charge >= 0.3 is 0 Å². The minimum absolute atomic E-state index is 0. The van der Waals surface area contributed by atoms with Crippen molar-refractivity contribution in [1.82, 2.24) is 20.0 Å². The summed E-state index contributed by atoms with van der Waals surface area (Å²) in [5.74, 6) is 1.86. The van der Waals surface area contributed by atoms with Crippen LogP contribution in [-0.2, 0) is 17.8 Å². The number of hydrogen-bond donors (Lipinski definition) is 1. The number of piperazine rings is 1. The third kappa shape index (κ3) is 6.50. The minimum atomic E-state index is 0. The number of aliphatic imine (C=N–C) groups is 1. The number of guanidine groups is 1. The number of anilines is 1. The molecule has 8 nitrogen and oxygen atoms in total. The topological polar surface area (TPSA) is 67.2 Å². The van der Waals surface area contributed by atoms with E-state index in [1.165, 1.54) is 11.3 Å². The lowest BCUT2D eigenvalue weighted by atomic mass is 10.2. The molecule has 0 radical (unpaired) electrons. The van der Waals surface area contributed by atoms with Gasteiger partial charge < -0.3 is 24.6 Å². The molecule has 2 heterocycles. The number of benzene rings is 1. The first-order valence-electron chi connectivity index (χ1n) is 11.0. The molecule has 1 saturated heterocycles. The van der Waals surface area contributed by atoms with Crippen LogP contribution in [0.3, 0.4) is 0 Å². The number of methoxy groups -OCH3 is 2. The lowest BCUT2D eigenvalue weighted by Crippen LogP contribution is -2.52. The van der Waals surface area contributed by atoms with Crippen LogP contribution in [0.5, 0.6) is 5.75 Å². The van der Waals surface area contributed by atoms with Crippen LogP contribution >= 0.6 is 24.0 Å². The van der Waals surface area contributed by atoms with E-state index in [1.54, 1.807) is 14.2 Å². The van der Waals surface area contributed by atoms with Crippen LogP contribution in [0.1, 0.15) is 23.9 Å². The Balaban J connectivity index is 0.00000363. The van der Waals surface area contributed by atoms with Gasteiger partial charge in [-0.3, -0.25) is 4.68 Å². The maximum absolute atomic E-state index is 5.37. The molecule has 0 saturated carbocycles. The molecule has 1 fully saturated rings. The van der Waals surface area contributed by atoms with Gasteiger partial charge in [0.15, 0.2) is 5.96 Å². The van der Waals surface area contributed by atoms with E-state index in [4.69, 9.17) is 14.5 Å². The van der Waals surface area contributed by atoms with Crippen molar-refractivity contribution in [2.24, 2.45) is 4.99 Å². The Hall–Kier alpha value is -2.01. The molecular formula is C23H37IN6O2. The molecule has 1 aromatic carbocycles. The van der Waals surface area contributed by atoms with Crippen LogP contribution in [0.25, 0.3) is 0 Å². The summed E-state index contributed by atoms with van der Waals surface area (Å²) in [6.07, 6.45) is 0. The SMILES string of the molecule is CCNC(=NCc1c(C)nn(CCOC)c1C)N1CCN(c2cccc(OC)c2)CC1.I. The highest BCUT2D eigenvalue weighted by molar-refractivity contribution is 14.0. The van der Waals surface area contributed by atoms with Crippen molar-refractivity contribution in [2.75, 3.05) is 58.5 Å². The number of hydrogen-bond acceptors (Lipinski definition) is 5. The van der Waals surface area contributed by atoms with Crippen molar-refractivity contribution in [3.63, 3.8) is 0 Å². The van der Waals surface area contributed by atoms with Gasteiger partial charge in [-0.15, -0.1) is 24.0 Å². The zero-order valence-electron chi connectivity index (χ0n) is 19.9. The molecule has 3 rings (SSSR count). The number of nitrogens with one attached hydrogen (secondary N) is 1. The second-order valence-electron chi connectivity index (χ2n) is 7.71. The summed E-state index contributed by atoms with van der Waals surface area (Å²) >= 11 is 0. The lowest BCUT2D eigenvalue weighted by molar-refractivity contribution is 0.182. The zero-order chi connectivity index (χ0) is 22.2. The first kappa shape index (κ1) is 26.2. The standard InChI is InChI=1S/C23H36N6O2.HI/c1-6-24-23(25-17-22-18(2)26-29(19(22)3)14-15-30-4)28-12-10-27(11-13-28)20-8-7-9-21(16-20)31-5;/h7-9,16H,6,10-15,17H2,1-5H3,(H,24,25);1H. The number of rotatable bonds is 8. The maximum Gasteiger partial charge on any atom is 0.194 e. The highest BCUT2D eigenvalue weighted by Gasteiger charge is 2.20. The summed E-state index contributed by atoms with van der Waals surface area (Å²) in [5.41, 5.74) is 4.60. The van der Waals surface area contributed by atoms with E-state index in [0.29, 0.717) is 13.2 Å². The van der Waals surface area contributed by atoms with Crippen LogP contribution in [-0.4, -0.2) is 74.2 Å². The van der Waals surface area contributed by atoms with Crippen LogP contribution < -0.4 is 15.0 Å². The molecule has 178 valence electrons. The average molecular weight is 556 g/mol. The van der Waals surface area contributed by atoms with Crippen LogP contribution in [0, 0.1) is 13.8 Å². The van der Waals surface area contributed by atoms with E-state index >= 15 is 0 Å². The molecule has 2 aromatic rings. The first-order valence-corrected chi connectivity index (χ1v) is 11.0. The van der Waals surface area contributed by atoms with Crippen LogP contribution in [0.15, 0.2) is 29.3 Å². The Kier molecular flexibility index (Phi) is 10.6. The van der Waals surface area contributed by atoms with E-state index in [0.717, 1.165) is 62.4 Å². The van der Waals surface area contributed by atoms with Gasteiger partial charge in [0.2, 0.25) is 0 Å². The summed E-state index contributed by atoms with van der Waals surface area (Å²) < 4.78 is 12.6. The second-order valence-corrected chi connectivity index (χ2v) is 7.71. The molecule has 0 bridgehead atoms. The Morgan fingerprint density at radius 1 is 1.16 bits per heavy atom. The molecule has 9 heteroatoms. The highest BCUT2D eigenvalue weighted by Crippen LogP contribution is 2.22. The van der Waals surface area contributed by atoms with Gasteiger partial charge in [-0.1, -0.05) is 6.07 Å². The smallest absolute Gasteiger partial charge is 0.194 e. The van der Waals surface area contributed by atoms with Gasteiger partial charge in [0.05, 0.1) is 32.5 Å². The summed E-state index contributed by atoms with van der Waals surface area (Å²) in [6.45, 7) is 12.9. The molecule has 1 N–H and O–H groups in total. The Morgan fingerprint density at radius 2 is 1.91 bits per heavy atom. The molecule has 1 aliphatic rings. The second kappa shape index (κ2) is 12.9. The number of aryl methyl sites for hydroxylation is 1. The number of ether oxygens (including phenoxy) is 2. The lowest BCUT2D eigenvalue weighted by Gasteiger charge is -2.37. The molecule has 0 atom stereocenters. The maximum atomic E-state index is 5.37. The first-order chi connectivity index (χ1) is 15.1. The van der Waals surface area contributed by atoms with E-state index in [2.05, 4.69) is 53.1 Å². The van der Waals surface area contributed by atoms with Gasteiger partial charge in [0.1, 0.15) is 5.75 Å². The average Bonchev–Trinajstić information content (AvgIpc) is 3.07. The predicted octanol–water partition coefficient (Wildman–Crippen LogP) is 3.06. The van der Waals surface area contributed by atoms with Gasteiger partial charge in [-0.05, 0) is 32.9 Å². The summed E-state index contributed by atoms with van der Waals surface area (Å²) in [6, 6.07) is 8.27. The molecule has 1 aromatic heterocycles. The fourth-order valence-corrected chi connectivity index (χ4v) is 3.92. The van der Waals surface area contributed by atoms with Gasteiger partial charge in [0.25, 0.3) is 0 Å². The van der Waals surface area contributed by atoms with Gasteiger partial charge in [-0.2, -0.15) is 5.10 Å². The van der Waals surface area contributed by atoms with E-state index in [-0.39, 0.29) is 24.0 Å². The van der Waals surface area contributed by atoms with Gasteiger partial charge in [0, 0.05) is 62.8 Å². The molecule has 0 aliphatic carbocycles. The molecule has 32 heavy (non-hydrogen) atoms. The number of nitrogens with zero attached hydrogens (tertiary/aromatic N) is 5. The van der Waals surface area contributed by atoms with Gasteiger partial charge in [-0.25, -0.2) is 4.99 Å². The fraction of sp³-hybridized carbons (Fsp3) is 0.565. The minimum Gasteiger partial charge on any atom is -0.497 e. The van der Waals surface area contributed by atoms with E-state index < -0.39 is 0 Å². The molecule has 0 amide bonds. The van der Waals surface area contributed by atoms with E-state index in [1.807, 2.05) is 16.8 Å². The zero-order valence-corrected chi connectivity index (χ0v) is 22.3. The summed E-state index contributed by atoms with van der Waals surface area (Å²) in [5, 5.41) is 8.12. The Labute approximate surface area is 209 Å². The highest BCUT2D eigenvalue weighted by atomic mass is 127.